The van der Waals surface area contributed by atoms with Crippen LogP contribution in [0, 0.1) is 5.92 Å². The first-order valence-electron chi connectivity index (χ1n) is 3.72. The Labute approximate surface area is 67.2 Å². The van der Waals surface area contributed by atoms with Gasteiger partial charge in [0.25, 0.3) is 0 Å². The van der Waals surface area contributed by atoms with E-state index in [2.05, 4.69) is 13.5 Å². The maximum Gasteiger partial charge on any atom is 0.327 e. The van der Waals surface area contributed by atoms with Crippen LogP contribution in [0.2, 0.25) is 0 Å². The second kappa shape index (κ2) is 5.71. The van der Waals surface area contributed by atoms with Crippen LogP contribution < -0.4 is 0 Å². The maximum atomic E-state index is 10.0. The van der Waals surface area contributed by atoms with Gasteiger partial charge in [-0.05, 0) is 18.8 Å². The molecule has 11 heavy (non-hydrogen) atoms. The van der Waals surface area contributed by atoms with E-state index in [1.807, 2.05) is 6.08 Å². The highest BCUT2D eigenvalue weighted by atomic mass is 16.4. The normalized spacial score (nSPS) is 13.2. The molecule has 0 bridgehead atoms. The summed E-state index contributed by atoms with van der Waals surface area (Å²) >= 11 is 0. The molecule has 0 amide bonds. The van der Waals surface area contributed by atoms with E-state index in [0.717, 1.165) is 12.8 Å². The molecule has 0 aliphatic heterocycles. The molecule has 1 atom stereocenters. The number of carboxylic acids is 1. The second-order valence-electron chi connectivity index (χ2n) is 2.38. The van der Waals surface area contributed by atoms with Crippen molar-refractivity contribution in [1.82, 2.24) is 0 Å². The molecule has 0 aromatic heterocycles. The van der Waals surface area contributed by atoms with Crippen LogP contribution in [0.4, 0.5) is 0 Å². The van der Waals surface area contributed by atoms with Gasteiger partial charge in [0.05, 0.1) is 0 Å². The zero-order chi connectivity index (χ0) is 8.69. The van der Waals surface area contributed by atoms with Crippen LogP contribution in [0.1, 0.15) is 19.8 Å². The molecule has 62 valence electrons. The summed E-state index contributed by atoms with van der Waals surface area (Å²) in [5.74, 6) is -0.477. The van der Waals surface area contributed by atoms with E-state index in [9.17, 15) is 4.79 Å². The standard InChI is InChI=1S/C9H14O2/c1-3-8(4-2)6-5-7-9(10)11/h3,5,7-8H,1,4,6H2,2H3,(H,10,11). The molecule has 1 N–H and O–H groups in total. The predicted octanol–water partition coefficient (Wildman–Crippen LogP) is 2.23. The second-order valence-corrected chi connectivity index (χ2v) is 2.38. The molecule has 0 heterocycles. The maximum absolute atomic E-state index is 10.0. The molecule has 0 aliphatic carbocycles. The fraction of sp³-hybridized carbons (Fsp3) is 0.444. The summed E-state index contributed by atoms with van der Waals surface area (Å²) in [5.41, 5.74) is 0. The Morgan fingerprint density at radius 1 is 1.73 bits per heavy atom. The SMILES string of the molecule is C=CC(CC)CC=CC(=O)O. The highest BCUT2D eigenvalue weighted by Crippen LogP contribution is 2.08. The van der Waals surface area contributed by atoms with Crippen LogP contribution in [0.15, 0.2) is 24.8 Å². The first-order chi connectivity index (χ1) is 5.20. The van der Waals surface area contributed by atoms with Crippen LogP contribution >= 0.6 is 0 Å². The molecule has 0 radical (unpaired) electrons. The third-order valence-corrected chi connectivity index (χ3v) is 1.56. The Morgan fingerprint density at radius 2 is 2.36 bits per heavy atom. The summed E-state index contributed by atoms with van der Waals surface area (Å²) in [6, 6.07) is 0. The van der Waals surface area contributed by atoms with Gasteiger partial charge >= 0.3 is 5.97 Å². The third kappa shape index (κ3) is 5.40. The summed E-state index contributed by atoms with van der Waals surface area (Å²) in [4.78, 5) is 10.0. The van der Waals surface area contributed by atoms with E-state index in [0.29, 0.717) is 5.92 Å². The first kappa shape index (κ1) is 9.95. The van der Waals surface area contributed by atoms with E-state index in [1.165, 1.54) is 6.08 Å². The highest BCUT2D eigenvalue weighted by molar-refractivity contribution is 5.79. The highest BCUT2D eigenvalue weighted by Gasteiger charge is 1.96. The van der Waals surface area contributed by atoms with Crippen molar-refractivity contribution in [1.29, 1.82) is 0 Å². The van der Waals surface area contributed by atoms with Crippen molar-refractivity contribution in [2.45, 2.75) is 19.8 Å². The molecule has 0 aromatic rings. The van der Waals surface area contributed by atoms with Gasteiger partial charge in [0.2, 0.25) is 0 Å². The van der Waals surface area contributed by atoms with Crippen molar-refractivity contribution < 1.29 is 9.90 Å². The Hall–Kier alpha value is -1.05. The number of aliphatic carboxylic acids is 1. The molecule has 0 fully saturated rings. The quantitative estimate of drug-likeness (QED) is 0.487. The zero-order valence-corrected chi connectivity index (χ0v) is 6.79. The summed E-state index contributed by atoms with van der Waals surface area (Å²) in [7, 11) is 0. The molecular formula is C9H14O2. The van der Waals surface area contributed by atoms with Crippen molar-refractivity contribution in [3.05, 3.63) is 24.8 Å². The Balaban J connectivity index is 3.66. The molecule has 2 heteroatoms. The van der Waals surface area contributed by atoms with E-state index in [4.69, 9.17) is 5.11 Å². The zero-order valence-electron chi connectivity index (χ0n) is 6.79. The third-order valence-electron chi connectivity index (χ3n) is 1.56. The van der Waals surface area contributed by atoms with Crippen LogP contribution in [0.5, 0.6) is 0 Å². The van der Waals surface area contributed by atoms with Crippen LogP contribution in [-0.2, 0) is 4.79 Å². The van der Waals surface area contributed by atoms with Gasteiger partial charge in [0, 0.05) is 6.08 Å². The number of hydrogen-bond donors (Lipinski definition) is 1. The lowest BCUT2D eigenvalue weighted by Crippen LogP contribution is -1.92. The Bertz CT molecular complexity index is 159. The number of hydrogen-bond acceptors (Lipinski definition) is 1. The lowest BCUT2D eigenvalue weighted by molar-refractivity contribution is -0.131. The van der Waals surface area contributed by atoms with Crippen molar-refractivity contribution in [2.75, 3.05) is 0 Å². The van der Waals surface area contributed by atoms with Crippen LogP contribution in [-0.4, -0.2) is 11.1 Å². The summed E-state index contributed by atoms with van der Waals surface area (Å²) in [6.07, 6.45) is 6.47. The minimum atomic E-state index is -0.885. The lowest BCUT2D eigenvalue weighted by Gasteiger charge is -2.03. The molecule has 0 aliphatic rings. The lowest BCUT2D eigenvalue weighted by atomic mass is 10.0. The summed E-state index contributed by atoms with van der Waals surface area (Å²) < 4.78 is 0. The number of allylic oxidation sites excluding steroid dienone is 2. The van der Waals surface area contributed by atoms with Crippen molar-refractivity contribution in [3.8, 4) is 0 Å². The average Bonchev–Trinajstić information content (AvgIpc) is 1.98. The van der Waals surface area contributed by atoms with Gasteiger partial charge in [-0.25, -0.2) is 4.79 Å². The molecule has 0 rings (SSSR count). The molecule has 0 saturated heterocycles. The topological polar surface area (TPSA) is 37.3 Å². The fourth-order valence-electron chi connectivity index (χ4n) is 0.773. The van der Waals surface area contributed by atoms with E-state index >= 15 is 0 Å². The number of carbonyl (C=O) groups is 1. The molecular weight excluding hydrogens is 140 g/mol. The fourth-order valence-corrected chi connectivity index (χ4v) is 0.773. The largest absolute Gasteiger partial charge is 0.478 e. The van der Waals surface area contributed by atoms with E-state index in [-0.39, 0.29) is 0 Å². The minimum Gasteiger partial charge on any atom is -0.478 e. The van der Waals surface area contributed by atoms with Crippen molar-refractivity contribution in [3.63, 3.8) is 0 Å². The minimum absolute atomic E-state index is 0.408. The van der Waals surface area contributed by atoms with Gasteiger partial charge in [-0.3, -0.25) is 0 Å². The smallest absolute Gasteiger partial charge is 0.327 e. The van der Waals surface area contributed by atoms with Crippen molar-refractivity contribution in [2.24, 2.45) is 5.92 Å². The van der Waals surface area contributed by atoms with Gasteiger partial charge in [-0.15, -0.1) is 6.58 Å². The Morgan fingerprint density at radius 3 is 2.73 bits per heavy atom. The van der Waals surface area contributed by atoms with Gasteiger partial charge in [-0.2, -0.15) is 0 Å². The molecule has 0 aromatic carbocycles. The van der Waals surface area contributed by atoms with Gasteiger partial charge in [0.15, 0.2) is 0 Å². The van der Waals surface area contributed by atoms with Gasteiger partial charge in [0.1, 0.15) is 0 Å². The van der Waals surface area contributed by atoms with E-state index < -0.39 is 5.97 Å². The molecule has 2 nitrogen and oxygen atoms in total. The average molecular weight is 154 g/mol. The predicted molar refractivity (Wildman–Crippen MR) is 45.4 cm³/mol. The summed E-state index contributed by atoms with van der Waals surface area (Å²) in [5, 5.41) is 8.26. The molecule has 0 spiro atoms. The Kier molecular flexibility index (Phi) is 5.17. The monoisotopic (exact) mass is 154 g/mol. The van der Waals surface area contributed by atoms with Crippen LogP contribution in [0.25, 0.3) is 0 Å². The number of carboxylic acid groups (broad SMARTS) is 1. The van der Waals surface area contributed by atoms with Gasteiger partial charge in [-0.1, -0.05) is 19.1 Å². The number of rotatable bonds is 5. The van der Waals surface area contributed by atoms with Crippen LogP contribution in [0.3, 0.4) is 0 Å². The van der Waals surface area contributed by atoms with Gasteiger partial charge < -0.3 is 5.11 Å². The molecule has 0 saturated carbocycles. The molecule has 1 unspecified atom stereocenters. The van der Waals surface area contributed by atoms with E-state index in [1.54, 1.807) is 6.08 Å². The van der Waals surface area contributed by atoms with Crippen molar-refractivity contribution >= 4 is 5.97 Å². The first-order valence-corrected chi connectivity index (χ1v) is 3.72. The summed E-state index contributed by atoms with van der Waals surface area (Å²) in [6.45, 7) is 5.70.